The first kappa shape index (κ1) is 21.2. The standard InChI is InChI=1S/C23H29F3N2O2/c24-23(25,26)18(16-8-2-1-3-9-16)15-21(29)28-19-11-5-4-10-17(19)14-20(28)22(30)27-12-6-7-13-27/h1-3,8-9,17-20H,4-7,10-15H2/t17-,18+,19-,20-/m0/s1. The number of nitrogens with zero attached hydrogens (tertiary/aromatic N) is 2. The third-order valence-electron chi connectivity index (χ3n) is 7.05. The summed E-state index contributed by atoms with van der Waals surface area (Å²) in [7, 11) is 0. The minimum absolute atomic E-state index is 0.0708. The highest BCUT2D eigenvalue weighted by molar-refractivity contribution is 5.89. The molecule has 2 heterocycles. The van der Waals surface area contributed by atoms with Gasteiger partial charge < -0.3 is 9.80 Å². The molecule has 1 saturated carbocycles. The monoisotopic (exact) mass is 422 g/mol. The van der Waals surface area contributed by atoms with Crippen LogP contribution in [0.5, 0.6) is 0 Å². The molecule has 4 atom stereocenters. The van der Waals surface area contributed by atoms with Gasteiger partial charge in [0, 0.05) is 25.6 Å². The van der Waals surface area contributed by atoms with Crippen LogP contribution in [0.1, 0.15) is 62.8 Å². The average molecular weight is 422 g/mol. The van der Waals surface area contributed by atoms with Crippen LogP contribution in [-0.4, -0.2) is 53.0 Å². The van der Waals surface area contributed by atoms with Crippen LogP contribution in [0.4, 0.5) is 13.2 Å². The van der Waals surface area contributed by atoms with E-state index in [1.807, 2.05) is 0 Å². The van der Waals surface area contributed by atoms with E-state index in [0.29, 0.717) is 19.5 Å². The van der Waals surface area contributed by atoms with Gasteiger partial charge in [-0.05, 0) is 43.6 Å². The summed E-state index contributed by atoms with van der Waals surface area (Å²) in [5, 5.41) is 0. The molecule has 2 saturated heterocycles. The van der Waals surface area contributed by atoms with E-state index in [2.05, 4.69) is 0 Å². The summed E-state index contributed by atoms with van der Waals surface area (Å²) in [6.45, 7) is 1.36. The van der Waals surface area contributed by atoms with Gasteiger partial charge in [-0.1, -0.05) is 43.2 Å². The molecule has 0 radical (unpaired) electrons. The molecule has 3 fully saturated rings. The van der Waals surface area contributed by atoms with Crippen molar-refractivity contribution in [1.82, 2.24) is 9.80 Å². The molecule has 0 spiro atoms. The number of hydrogen-bond donors (Lipinski definition) is 0. The molecule has 1 aromatic carbocycles. The Kier molecular flexibility index (Phi) is 6.07. The lowest BCUT2D eigenvalue weighted by atomic mass is 9.84. The molecule has 2 aliphatic heterocycles. The van der Waals surface area contributed by atoms with Gasteiger partial charge in [-0.15, -0.1) is 0 Å². The molecular formula is C23H29F3N2O2. The molecule has 0 aromatic heterocycles. The van der Waals surface area contributed by atoms with Crippen molar-refractivity contribution < 1.29 is 22.8 Å². The molecule has 0 unspecified atom stereocenters. The van der Waals surface area contributed by atoms with Gasteiger partial charge in [0.15, 0.2) is 0 Å². The van der Waals surface area contributed by atoms with Crippen molar-refractivity contribution in [3.8, 4) is 0 Å². The first-order valence-corrected chi connectivity index (χ1v) is 11.1. The van der Waals surface area contributed by atoms with Crippen molar-refractivity contribution >= 4 is 11.8 Å². The highest BCUT2D eigenvalue weighted by atomic mass is 19.4. The molecule has 3 aliphatic rings. The van der Waals surface area contributed by atoms with Crippen molar-refractivity contribution in [2.45, 2.75) is 75.5 Å². The minimum Gasteiger partial charge on any atom is -0.341 e. The largest absolute Gasteiger partial charge is 0.396 e. The van der Waals surface area contributed by atoms with E-state index in [9.17, 15) is 22.8 Å². The van der Waals surface area contributed by atoms with Gasteiger partial charge in [-0.25, -0.2) is 0 Å². The Labute approximate surface area is 175 Å². The van der Waals surface area contributed by atoms with Crippen LogP contribution in [-0.2, 0) is 9.59 Å². The zero-order valence-corrected chi connectivity index (χ0v) is 17.1. The fraction of sp³-hybridized carbons (Fsp3) is 0.652. The van der Waals surface area contributed by atoms with Crippen molar-refractivity contribution in [3.05, 3.63) is 35.9 Å². The summed E-state index contributed by atoms with van der Waals surface area (Å²) in [5.41, 5.74) is 0.0974. The molecule has 0 bridgehead atoms. The van der Waals surface area contributed by atoms with Gasteiger partial charge in [-0.2, -0.15) is 13.2 Å². The number of halogens is 3. The number of benzene rings is 1. The van der Waals surface area contributed by atoms with Gasteiger partial charge >= 0.3 is 6.18 Å². The first-order valence-electron chi connectivity index (χ1n) is 11.1. The Morgan fingerprint density at radius 1 is 1.00 bits per heavy atom. The maximum atomic E-state index is 13.8. The van der Waals surface area contributed by atoms with Crippen LogP contribution in [0.3, 0.4) is 0 Å². The Hall–Kier alpha value is -2.05. The second-order valence-electron chi connectivity index (χ2n) is 8.91. The number of amides is 2. The number of hydrogen-bond acceptors (Lipinski definition) is 2. The van der Waals surface area contributed by atoms with E-state index in [-0.39, 0.29) is 23.4 Å². The summed E-state index contributed by atoms with van der Waals surface area (Å²) in [6, 6.07) is 6.92. The SMILES string of the molecule is O=C([C@@H]1C[C@@H]2CCCC[C@@H]2N1C(=O)C[C@H](c1ccccc1)C(F)(F)F)N1CCCC1. The van der Waals surface area contributed by atoms with Gasteiger partial charge in [-0.3, -0.25) is 9.59 Å². The van der Waals surface area contributed by atoms with Gasteiger partial charge in [0.2, 0.25) is 11.8 Å². The smallest absolute Gasteiger partial charge is 0.341 e. The molecule has 2 amide bonds. The Bertz CT molecular complexity index is 761. The second kappa shape index (κ2) is 8.60. The fourth-order valence-corrected chi connectivity index (χ4v) is 5.58. The second-order valence-corrected chi connectivity index (χ2v) is 8.91. The van der Waals surface area contributed by atoms with Crippen molar-refractivity contribution in [3.63, 3.8) is 0 Å². The summed E-state index contributed by atoms with van der Waals surface area (Å²) in [6.07, 6.45) is 1.07. The number of likely N-dealkylation sites (tertiary alicyclic amines) is 2. The summed E-state index contributed by atoms with van der Waals surface area (Å²) < 4.78 is 41.5. The number of carbonyl (C=O) groups is 2. The molecule has 7 heteroatoms. The van der Waals surface area contributed by atoms with E-state index in [0.717, 1.165) is 38.5 Å². The topological polar surface area (TPSA) is 40.6 Å². The number of alkyl halides is 3. The molecule has 30 heavy (non-hydrogen) atoms. The van der Waals surface area contributed by atoms with Crippen LogP contribution in [0, 0.1) is 5.92 Å². The first-order chi connectivity index (χ1) is 14.4. The molecule has 4 rings (SSSR count). The third kappa shape index (κ3) is 4.21. The Morgan fingerprint density at radius 2 is 1.67 bits per heavy atom. The summed E-state index contributed by atoms with van der Waals surface area (Å²) in [5.74, 6) is -2.23. The zero-order valence-electron chi connectivity index (χ0n) is 17.1. The van der Waals surface area contributed by atoms with E-state index >= 15 is 0 Å². The normalized spacial score (nSPS) is 27.8. The van der Waals surface area contributed by atoms with Crippen molar-refractivity contribution in [2.75, 3.05) is 13.1 Å². The highest BCUT2D eigenvalue weighted by Gasteiger charge is 2.50. The van der Waals surface area contributed by atoms with Crippen LogP contribution in [0.25, 0.3) is 0 Å². The van der Waals surface area contributed by atoms with E-state index in [1.54, 1.807) is 28.0 Å². The quantitative estimate of drug-likeness (QED) is 0.717. The predicted molar refractivity (Wildman–Crippen MR) is 107 cm³/mol. The number of rotatable bonds is 4. The maximum absolute atomic E-state index is 13.8. The zero-order chi connectivity index (χ0) is 21.3. The lowest BCUT2D eigenvalue weighted by molar-refractivity contribution is -0.163. The summed E-state index contributed by atoms with van der Waals surface area (Å²) >= 11 is 0. The van der Waals surface area contributed by atoms with E-state index in [1.165, 1.54) is 12.1 Å². The fourth-order valence-electron chi connectivity index (χ4n) is 5.58. The number of fused-ring (bicyclic) bond motifs is 1. The lowest BCUT2D eigenvalue weighted by Crippen LogP contribution is -2.50. The molecular weight excluding hydrogens is 393 g/mol. The molecule has 1 aliphatic carbocycles. The Balaban J connectivity index is 1.59. The minimum atomic E-state index is -4.52. The van der Waals surface area contributed by atoms with Crippen LogP contribution in [0.2, 0.25) is 0 Å². The maximum Gasteiger partial charge on any atom is 0.396 e. The third-order valence-corrected chi connectivity index (χ3v) is 7.05. The van der Waals surface area contributed by atoms with Crippen LogP contribution < -0.4 is 0 Å². The molecule has 164 valence electrons. The molecule has 4 nitrogen and oxygen atoms in total. The van der Waals surface area contributed by atoms with Gasteiger partial charge in [0.25, 0.3) is 0 Å². The lowest BCUT2D eigenvalue weighted by Gasteiger charge is -2.35. The number of carbonyl (C=O) groups excluding carboxylic acids is 2. The predicted octanol–water partition coefficient (Wildman–Crippen LogP) is 4.50. The van der Waals surface area contributed by atoms with E-state index in [4.69, 9.17) is 0 Å². The Morgan fingerprint density at radius 3 is 2.33 bits per heavy atom. The highest BCUT2D eigenvalue weighted by Crippen LogP contribution is 2.43. The van der Waals surface area contributed by atoms with Gasteiger partial charge in [0.05, 0.1) is 5.92 Å². The van der Waals surface area contributed by atoms with Crippen LogP contribution >= 0.6 is 0 Å². The summed E-state index contributed by atoms with van der Waals surface area (Å²) in [4.78, 5) is 29.8. The van der Waals surface area contributed by atoms with Crippen LogP contribution in [0.15, 0.2) is 30.3 Å². The van der Waals surface area contributed by atoms with Crippen molar-refractivity contribution in [2.24, 2.45) is 5.92 Å². The molecule has 1 aromatic rings. The van der Waals surface area contributed by atoms with Gasteiger partial charge in [0.1, 0.15) is 6.04 Å². The van der Waals surface area contributed by atoms with E-state index < -0.39 is 30.5 Å². The molecule has 0 N–H and O–H groups in total. The van der Waals surface area contributed by atoms with Crippen molar-refractivity contribution in [1.29, 1.82) is 0 Å². The average Bonchev–Trinajstić information content (AvgIpc) is 3.39.